The Bertz CT molecular complexity index is 902. The molecular weight excluding hydrogens is 310 g/mol. The number of pyridine rings is 1. The van der Waals surface area contributed by atoms with E-state index < -0.39 is 17.6 Å². The summed E-state index contributed by atoms with van der Waals surface area (Å²) in [4.78, 5) is 28.8. The number of rotatable bonds is 5. The lowest BCUT2D eigenvalue weighted by molar-refractivity contribution is 0.0901. The molecule has 0 fully saturated rings. The van der Waals surface area contributed by atoms with Gasteiger partial charge in [-0.2, -0.15) is 0 Å². The molecule has 0 radical (unpaired) electrons. The minimum Gasteiger partial charge on any atom is -0.467 e. The molecule has 0 bridgehead atoms. The Morgan fingerprint density at radius 1 is 1.38 bits per heavy atom. The molecule has 2 atom stereocenters. The number of hydrogen-bond acceptors (Lipinski definition) is 5. The van der Waals surface area contributed by atoms with Crippen molar-refractivity contribution in [2.24, 2.45) is 0 Å². The number of fused-ring (bicyclic) bond motifs is 1. The monoisotopic (exact) mass is 327 g/mol. The number of nitrogens with zero attached hydrogens (tertiary/aromatic N) is 2. The van der Waals surface area contributed by atoms with Crippen LogP contribution in [0, 0.1) is 0 Å². The Morgan fingerprint density at radius 2 is 2.21 bits per heavy atom. The summed E-state index contributed by atoms with van der Waals surface area (Å²) in [5.74, 6) is -0.0894. The van der Waals surface area contributed by atoms with E-state index in [2.05, 4.69) is 10.3 Å². The van der Waals surface area contributed by atoms with Gasteiger partial charge >= 0.3 is 0 Å². The largest absolute Gasteiger partial charge is 0.467 e. The lowest BCUT2D eigenvalue weighted by Gasteiger charge is -2.16. The van der Waals surface area contributed by atoms with Crippen LogP contribution in [0.2, 0.25) is 0 Å². The average molecular weight is 327 g/mol. The van der Waals surface area contributed by atoms with Gasteiger partial charge in [-0.25, -0.2) is 4.98 Å². The van der Waals surface area contributed by atoms with Gasteiger partial charge in [0.2, 0.25) is 0 Å². The summed E-state index contributed by atoms with van der Waals surface area (Å²) in [6, 6.07) is 8.14. The lowest BCUT2D eigenvalue weighted by atomic mass is 10.1. The maximum Gasteiger partial charge on any atom is 0.270 e. The predicted molar refractivity (Wildman–Crippen MR) is 86.7 cm³/mol. The molecule has 3 aromatic heterocycles. The maximum absolute atomic E-state index is 12.4. The van der Waals surface area contributed by atoms with Gasteiger partial charge in [0.15, 0.2) is 0 Å². The van der Waals surface area contributed by atoms with E-state index in [1.54, 1.807) is 43.5 Å². The van der Waals surface area contributed by atoms with E-state index in [9.17, 15) is 14.7 Å². The van der Waals surface area contributed by atoms with Crippen molar-refractivity contribution in [2.45, 2.75) is 25.5 Å². The quantitative estimate of drug-likeness (QED) is 0.741. The molecule has 7 nitrogen and oxygen atoms in total. The number of aromatic nitrogens is 2. The van der Waals surface area contributed by atoms with Crippen LogP contribution in [0.3, 0.4) is 0 Å². The Labute approximate surface area is 137 Å². The van der Waals surface area contributed by atoms with E-state index in [0.29, 0.717) is 11.4 Å². The summed E-state index contributed by atoms with van der Waals surface area (Å²) in [6.45, 7) is 1.75. The summed E-state index contributed by atoms with van der Waals surface area (Å²) < 4.78 is 6.44. The number of aliphatic hydroxyl groups is 1. The smallest absolute Gasteiger partial charge is 0.270 e. The van der Waals surface area contributed by atoms with Gasteiger partial charge in [0.25, 0.3) is 11.5 Å². The van der Waals surface area contributed by atoms with E-state index >= 15 is 0 Å². The molecule has 3 aromatic rings. The number of furan rings is 1. The molecule has 1 amide bonds. The summed E-state index contributed by atoms with van der Waals surface area (Å²) in [5.41, 5.74) is -0.00439. The lowest BCUT2D eigenvalue weighted by Crippen LogP contribution is -2.37. The van der Waals surface area contributed by atoms with Gasteiger partial charge in [-0.15, -0.1) is 0 Å². The van der Waals surface area contributed by atoms with Gasteiger partial charge in [0, 0.05) is 24.9 Å². The SMILES string of the molecule is CC(CC(O)c1ccco1)NC(=O)c1cnc2ccccn2c1=O. The van der Waals surface area contributed by atoms with Crippen molar-refractivity contribution in [3.8, 4) is 0 Å². The van der Waals surface area contributed by atoms with Crippen LogP contribution in [0.1, 0.15) is 35.6 Å². The maximum atomic E-state index is 12.4. The fraction of sp³-hybridized carbons (Fsp3) is 0.235. The van der Waals surface area contributed by atoms with Gasteiger partial charge in [0.05, 0.1) is 6.26 Å². The third-order valence-corrected chi connectivity index (χ3v) is 3.68. The standard InChI is InChI=1S/C17H17N3O4/c1-11(9-13(21)14-5-4-8-24-14)19-16(22)12-10-18-15-6-2-3-7-20(15)17(12)23/h2-8,10-11,13,21H,9H2,1H3,(H,19,22). The summed E-state index contributed by atoms with van der Waals surface area (Å²) in [7, 11) is 0. The second-order valence-electron chi connectivity index (χ2n) is 5.55. The highest BCUT2D eigenvalue weighted by Crippen LogP contribution is 2.18. The second kappa shape index (κ2) is 6.67. The first kappa shape index (κ1) is 15.9. The van der Waals surface area contributed by atoms with Crippen molar-refractivity contribution in [1.29, 1.82) is 0 Å². The predicted octanol–water partition coefficient (Wildman–Crippen LogP) is 1.53. The summed E-state index contributed by atoms with van der Waals surface area (Å²) in [5, 5.41) is 12.7. The van der Waals surface area contributed by atoms with E-state index in [1.165, 1.54) is 16.9 Å². The molecule has 124 valence electrons. The first-order valence-electron chi connectivity index (χ1n) is 7.55. The van der Waals surface area contributed by atoms with Gasteiger partial charge in [0.1, 0.15) is 23.1 Å². The van der Waals surface area contributed by atoms with Crippen molar-refractivity contribution in [1.82, 2.24) is 14.7 Å². The van der Waals surface area contributed by atoms with Crippen LogP contribution < -0.4 is 10.9 Å². The minimum atomic E-state index is -0.828. The zero-order chi connectivity index (χ0) is 17.1. The Balaban J connectivity index is 1.73. The van der Waals surface area contributed by atoms with Crippen LogP contribution >= 0.6 is 0 Å². The normalized spacial score (nSPS) is 13.6. The number of nitrogens with one attached hydrogen (secondary N) is 1. The topological polar surface area (TPSA) is 96.8 Å². The van der Waals surface area contributed by atoms with E-state index in [1.807, 2.05) is 0 Å². The number of carbonyl (C=O) groups is 1. The van der Waals surface area contributed by atoms with Crippen molar-refractivity contribution in [3.63, 3.8) is 0 Å². The molecule has 0 aliphatic heterocycles. The molecule has 0 saturated carbocycles. The van der Waals surface area contributed by atoms with Crippen molar-refractivity contribution < 1.29 is 14.3 Å². The van der Waals surface area contributed by atoms with E-state index in [4.69, 9.17) is 4.42 Å². The zero-order valence-electron chi connectivity index (χ0n) is 13.0. The zero-order valence-corrected chi connectivity index (χ0v) is 13.0. The summed E-state index contributed by atoms with van der Waals surface area (Å²) in [6.07, 6.45) is 3.74. The molecule has 2 N–H and O–H groups in total. The van der Waals surface area contributed by atoms with Crippen LogP contribution in [0.15, 0.2) is 58.2 Å². The number of carbonyl (C=O) groups excluding carboxylic acids is 1. The fourth-order valence-electron chi connectivity index (χ4n) is 2.47. The third-order valence-electron chi connectivity index (χ3n) is 3.68. The van der Waals surface area contributed by atoms with E-state index in [-0.39, 0.29) is 18.0 Å². The highest BCUT2D eigenvalue weighted by Gasteiger charge is 2.19. The van der Waals surface area contributed by atoms with Gasteiger partial charge in [-0.05, 0) is 31.2 Å². The Morgan fingerprint density at radius 3 is 2.96 bits per heavy atom. The molecule has 0 aliphatic carbocycles. The fourth-order valence-corrected chi connectivity index (χ4v) is 2.47. The highest BCUT2D eigenvalue weighted by atomic mass is 16.4. The Hall–Kier alpha value is -2.93. The van der Waals surface area contributed by atoms with Gasteiger partial charge in [-0.3, -0.25) is 14.0 Å². The van der Waals surface area contributed by atoms with Gasteiger partial charge in [-0.1, -0.05) is 6.07 Å². The second-order valence-corrected chi connectivity index (χ2v) is 5.55. The van der Waals surface area contributed by atoms with Crippen molar-refractivity contribution >= 4 is 11.6 Å². The van der Waals surface area contributed by atoms with E-state index in [0.717, 1.165) is 0 Å². The average Bonchev–Trinajstić information content (AvgIpc) is 3.09. The Kier molecular flexibility index (Phi) is 4.43. The number of aliphatic hydroxyl groups excluding tert-OH is 1. The van der Waals surface area contributed by atoms with Crippen LogP contribution in [0.25, 0.3) is 5.65 Å². The first-order chi connectivity index (χ1) is 11.6. The highest BCUT2D eigenvalue weighted by molar-refractivity contribution is 5.93. The molecule has 7 heteroatoms. The molecule has 0 saturated heterocycles. The van der Waals surface area contributed by atoms with Crippen LogP contribution in [-0.2, 0) is 0 Å². The van der Waals surface area contributed by atoms with Gasteiger partial charge < -0.3 is 14.8 Å². The van der Waals surface area contributed by atoms with Crippen LogP contribution in [-0.4, -0.2) is 26.4 Å². The van der Waals surface area contributed by atoms with Crippen molar-refractivity contribution in [3.05, 3.63) is 70.7 Å². The minimum absolute atomic E-state index is 0.0435. The molecule has 0 aromatic carbocycles. The van der Waals surface area contributed by atoms with Crippen LogP contribution in [0.4, 0.5) is 0 Å². The van der Waals surface area contributed by atoms with Crippen LogP contribution in [0.5, 0.6) is 0 Å². The number of hydrogen-bond donors (Lipinski definition) is 2. The van der Waals surface area contributed by atoms with Crippen molar-refractivity contribution in [2.75, 3.05) is 0 Å². The molecule has 0 spiro atoms. The molecule has 24 heavy (non-hydrogen) atoms. The molecule has 3 heterocycles. The number of amides is 1. The molecule has 0 aliphatic rings. The molecular formula is C17H17N3O4. The third kappa shape index (κ3) is 3.21. The first-order valence-corrected chi connectivity index (χ1v) is 7.55. The molecule has 2 unspecified atom stereocenters. The molecule has 3 rings (SSSR count). The summed E-state index contributed by atoms with van der Waals surface area (Å²) >= 11 is 0.